The van der Waals surface area contributed by atoms with Gasteiger partial charge in [0.25, 0.3) is 0 Å². The molecule has 0 atom stereocenters. The van der Waals surface area contributed by atoms with E-state index in [9.17, 15) is 0 Å². The lowest BCUT2D eigenvalue weighted by molar-refractivity contribution is 0.332. The van der Waals surface area contributed by atoms with Crippen LogP contribution in [0, 0.1) is 0 Å². The second kappa shape index (κ2) is 5.70. The van der Waals surface area contributed by atoms with Gasteiger partial charge in [0.05, 0.1) is 6.54 Å². The van der Waals surface area contributed by atoms with Crippen LogP contribution >= 0.6 is 0 Å². The van der Waals surface area contributed by atoms with Gasteiger partial charge in [0.1, 0.15) is 12.4 Å². The Balaban J connectivity index is 1.70. The zero-order valence-corrected chi connectivity index (χ0v) is 8.84. The van der Waals surface area contributed by atoms with E-state index in [1.807, 2.05) is 30.3 Å². The smallest absolute Gasteiger partial charge is 0.222 e. The van der Waals surface area contributed by atoms with Crippen molar-refractivity contribution in [2.24, 2.45) is 0 Å². The normalized spacial score (nSPS) is 9.75. The summed E-state index contributed by atoms with van der Waals surface area (Å²) >= 11 is 0. The van der Waals surface area contributed by atoms with Gasteiger partial charge in [-0.1, -0.05) is 18.2 Å². The molecule has 2 rings (SSSR count). The van der Waals surface area contributed by atoms with Crippen molar-refractivity contribution in [2.45, 2.75) is 0 Å². The first-order valence-corrected chi connectivity index (χ1v) is 5.14. The molecular formula is C12H13N3O. The molecule has 16 heavy (non-hydrogen) atoms. The highest BCUT2D eigenvalue weighted by Gasteiger charge is 1.93. The number of anilines is 1. The average Bonchev–Trinajstić information content (AvgIpc) is 2.37. The Morgan fingerprint density at radius 1 is 1.00 bits per heavy atom. The first kappa shape index (κ1) is 10.4. The van der Waals surface area contributed by atoms with Gasteiger partial charge in [-0.15, -0.1) is 0 Å². The van der Waals surface area contributed by atoms with E-state index in [4.69, 9.17) is 4.74 Å². The highest BCUT2D eigenvalue weighted by molar-refractivity contribution is 5.23. The number of hydrogen-bond donors (Lipinski definition) is 1. The largest absolute Gasteiger partial charge is 0.492 e. The molecule has 0 bridgehead atoms. The Morgan fingerprint density at radius 2 is 1.75 bits per heavy atom. The van der Waals surface area contributed by atoms with Gasteiger partial charge >= 0.3 is 0 Å². The van der Waals surface area contributed by atoms with Crippen LogP contribution in [0.2, 0.25) is 0 Å². The molecule has 0 amide bonds. The van der Waals surface area contributed by atoms with Crippen molar-refractivity contribution in [3.8, 4) is 5.75 Å². The minimum atomic E-state index is 0.586. The Labute approximate surface area is 94.3 Å². The summed E-state index contributed by atoms with van der Waals surface area (Å²) in [4.78, 5) is 8.09. The number of benzene rings is 1. The summed E-state index contributed by atoms with van der Waals surface area (Å²) in [6, 6.07) is 11.5. The topological polar surface area (TPSA) is 47.0 Å². The summed E-state index contributed by atoms with van der Waals surface area (Å²) in [6.45, 7) is 1.27. The molecule has 0 saturated carbocycles. The third kappa shape index (κ3) is 3.24. The zero-order valence-electron chi connectivity index (χ0n) is 8.84. The highest BCUT2D eigenvalue weighted by Crippen LogP contribution is 2.07. The van der Waals surface area contributed by atoms with E-state index in [1.54, 1.807) is 18.5 Å². The summed E-state index contributed by atoms with van der Waals surface area (Å²) in [5.74, 6) is 1.50. The van der Waals surface area contributed by atoms with Crippen LogP contribution in [0.4, 0.5) is 5.95 Å². The van der Waals surface area contributed by atoms with Crippen LogP contribution in [0.15, 0.2) is 48.8 Å². The molecule has 4 heteroatoms. The van der Waals surface area contributed by atoms with Crippen LogP contribution < -0.4 is 10.1 Å². The van der Waals surface area contributed by atoms with Gasteiger partial charge in [0, 0.05) is 12.4 Å². The summed E-state index contributed by atoms with van der Waals surface area (Å²) in [6.07, 6.45) is 3.40. The Hall–Kier alpha value is -2.10. The number of hydrogen-bond acceptors (Lipinski definition) is 4. The molecule has 0 unspecified atom stereocenters. The molecule has 2 aromatic rings. The molecule has 1 N–H and O–H groups in total. The fraction of sp³-hybridized carbons (Fsp3) is 0.167. The van der Waals surface area contributed by atoms with E-state index >= 15 is 0 Å². The van der Waals surface area contributed by atoms with Gasteiger partial charge in [-0.3, -0.25) is 0 Å². The monoisotopic (exact) mass is 215 g/mol. The SMILES string of the molecule is c1ccc(OCCNc2ncccn2)cc1. The second-order valence-electron chi connectivity index (χ2n) is 3.16. The number of nitrogens with zero attached hydrogens (tertiary/aromatic N) is 2. The zero-order chi connectivity index (χ0) is 11.1. The van der Waals surface area contributed by atoms with Crippen molar-refractivity contribution in [2.75, 3.05) is 18.5 Å². The second-order valence-corrected chi connectivity index (χ2v) is 3.16. The van der Waals surface area contributed by atoms with E-state index in [1.165, 1.54) is 0 Å². The minimum absolute atomic E-state index is 0.586. The molecule has 0 aliphatic heterocycles. The molecule has 0 radical (unpaired) electrons. The molecule has 1 aromatic heterocycles. The van der Waals surface area contributed by atoms with Crippen molar-refractivity contribution in [1.29, 1.82) is 0 Å². The van der Waals surface area contributed by atoms with E-state index in [0.29, 0.717) is 19.1 Å². The van der Waals surface area contributed by atoms with Crippen LogP contribution in [0.3, 0.4) is 0 Å². The van der Waals surface area contributed by atoms with Crippen molar-refractivity contribution in [3.05, 3.63) is 48.8 Å². The number of nitrogens with one attached hydrogen (secondary N) is 1. The maximum Gasteiger partial charge on any atom is 0.222 e. The lowest BCUT2D eigenvalue weighted by atomic mass is 10.3. The van der Waals surface area contributed by atoms with Gasteiger partial charge in [-0.2, -0.15) is 0 Å². The van der Waals surface area contributed by atoms with Crippen LogP contribution in [0.25, 0.3) is 0 Å². The minimum Gasteiger partial charge on any atom is -0.492 e. The number of para-hydroxylation sites is 1. The molecule has 0 aliphatic carbocycles. The fourth-order valence-corrected chi connectivity index (χ4v) is 1.24. The third-order valence-electron chi connectivity index (χ3n) is 1.96. The fourth-order valence-electron chi connectivity index (χ4n) is 1.24. The van der Waals surface area contributed by atoms with E-state index in [-0.39, 0.29) is 0 Å². The van der Waals surface area contributed by atoms with Crippen molar-refractivity contribution in [3.63, 3.8) is 0 Å². The molecule has 0 fully saturated rings. The first-order chi connectivity index (χ1) is 7.95. The van der Waals surface area contributed by atoms with E-state index < -0.39 is 0 Å². The standard InChI is InChI=1S/C12H13N3O/c1-2-5-11(6-3-1)16-10-9-15-12-13-7-4-8-14-12/h1-8H,9-10H2,(H,13,14,15). The molecular weight excluding hydrogens is 202 g/mol. The summed E-state index contributed by atoms with van der Waals surface area (Å²) in [7, 11) is 0. The molecule has 0 spiro atoms. The predicted octanol–water partition coefficient (Wildman–Crippen LogP) is 1.97. The maximum absolute atomic E-state index is 5.51. The Kier molecular flexibility index (Phi) is 3.71. The van der Waals surface area contributed by atoms with Crippen molar-refractivity contribution in [1.82, 2.24) is 9.97 Å². The molecule has 0 aliphatic rings. The van der Waals surface area contributed by atoms with Crippen LogP contribution in [0.5, 0.6) is 5.75 Å². The van der Waals surface area contributed by atoms with E-state index in [2.05, 4.69) is 15.3 Å². The highest BCUT2D eigenvalue weighted by atomic mass is 16.5. The van der Waals surface area contributed by atoms with Gasteiger partial charge in [-0.25, -0.2) is 9.97 Å². The van der Waals surface area contributed by atoms with Crippen LogP contribution in [-0.4, -0.2) is 23.1 Å². The van der Waals surface area contributed by atoms with Crippen molar-refractivity contribution >= 4 is 5.95 Å². The average molecular weight is 215 g/mol. The number of ether oxygens (including phenoxy) is 1. The first-order valence-electron chi connectivity index (χ1n) is 5.14. The predicted molar refractivity (Wildman–Crippen MR) is 62.5 cm³/mol. The van der Waals surface area contributed by atoms with Crippen molar-refractivity contribution < 1.29 is 4.74 Å². The molecule has 1 aromatic carbocycles. The summed E-state index contributed by atoms with van der Waals surface area (Å²) in [5.41, 5.74) is 0. The number of rotatable bonds is 5. The third-order valence-corrected chi connectivity index (χ3v) is 1.96. The molecule has 82 valence electrons. The van der Waals surface area contributed by atoms with Crippen LogP contribution in [0.1, 0.15) is 0 Å². The lowest BCUT2D eigenvalue weighted by Gasteiger charge is -2.06. The molecule has 1 heterocycles. The van der Waals surface area contributed by atoms with Gasteiger partial charge in [0.15, 0.2) is 0 Å². The van der Waals surface area contributed by atoms with Gasteiger partial charge in [0.2, 0.25) is 5.95 Å². The van der Waals surface area contributed by atoms with Crippen LogP contribution in [-0.2, 0) is 0 Å². The van der Waals surface area contributed by atoms with Gasteiger partial charge < -0.3 is 10.1 Å². The Morgan fingerprint density at radius 3 is 2.50 bits per heavy atom. The van der Waals surface area contributed by atoms with E-state index in [0.717, 1.165) is 5.75 Å². The maximum atomic E-state index is 5.51. The summed E-state index contributed by atoms with van der Waals surface area (Å²) in [5, 5.41) is 3.07. The number of aromatic nitrogens is 2. The molecule has 0 saturated heterocycles. The Bertz CT molecular complexity index is 364. The lowest BCUT2D eigenvalue weighted by Crippen LogP contribution is -2.12. The summed E-state index contributed by atoms with van der Waals surface area (Å²) < 4.78 is 5.51. The van der Waals surface area contributed by atoms with Gasteiger partial charge in [-0.05, 0) is 18.2 Å². The quantitative estimate of drug-likeness (QED) is 0.774. The molecule has 4 nitrogen and oxygen atoms in total.